The second-order valence-corrected chi connectivity index (χ2v) is 7.22. The van der Waals surface area contributed by atoms with Gasteiger partial charge < -0.3 is 15.4 Å². The molecule has 0 fully saturated rings. The highest BCUT2D eigenvalue weighted by molar-refractivity contribution is 7.80. The first-order valence-electron chi connectivity index (χ1n) is 10.1. The number of anilines is 1. The zero-order chi connectivity index (χ0) is 21.2. The van der Waals surface area contributed by atoms with Crippen LogP contribution in [-0.2, 0) is 4.74 Å². The molecule has 0 saturated heterocycles. The number of nitrogens with one attached hydrogen (secondary N) is 2. The van der Waals surface area contributed by atoms with Crippen molar-refractivity contribution in [3.63, 3.8) is 0 Å². The molecule has 2 N–H and O–H groups in total. The van der Waals surface area contributed by atoms with Crippen LogP contribution in [0.4, 0.5) is 5.69 Å². The molecule has 5 heteroatoms. The van der Waals surface area contributed by atoms with Crippen LogP contribution in [-0.4, -0.2) is 24.2 Å². The SMILES string of the molecule is CCOC(=O)c1ccccc1NC(=S)NCCC(c1ccccc1)c1ccccc1. The van der Waals surface area contributed by atoms with Crippen LogP contribution in [0.15, 0.2) is 84.9 Å². The van der Waals surface area contributed by atoms with Crippen LogP contribution < -0.4 is 10.6 Å². The van der Waals surface area contributed by atoms with E-state index < -0.39 is 0 Å². The van der Waals surface area contributed by atoms with Crippen molar-refractivity contribution in [2.75, 3.05) is 18.5 Å². The molecular weight excluding hydrogens is 392 g/mol. The van der Waals surface area contributed by atoms with Gasteiger partial charge in [-0.2, -0.15) is 0 Å². The smallest absolute Gasteiger partial charge is 0.340 e. The molecule has 0 bridgehead atoms. The Bertz CT molecular complexity index is 922. The molecule has 0 atom stereocenters. The molecule has 0 spiro atoms. The first-order chi connectivity index (χ1) is 14.7. The van der Waals surface area contributed by atoms with Crippen LogP contribution in [0.2, 0.25) is 0 Å². The van der Waals surface area contributed by atoms with Gasteiger partial charge in [0.05, 0.1) is 17.9 Å². The van der Waals surface area contributed by atoms with E-state index >= 15 is 0 Å². The van der Waals surface area contributed by atoms with Crippen molar-refractivity contribution in [3.8, 4) is 0 Å². The van der Waals surface area contributed by atoms with E-state index in [1.807, 2.05) is 24.3 Å². The summed E-state index contributed by atoms with van der Waals surface area (Å²) >= 11 is 5.46. The Morgan fingerprint density at radius 2 is 1.47 bits per heavy atom. The number of thiocarbonyl (C=S) groups is 1. The third kappa shape index (κ3) is 5.91. The minimum Gasteiger partial charge on any atom is -0.462 e. The average Bonchev–Trinajstić information content (AvgIpc) is 2.78. The molecule has 4 nitrogen and oxygen atoms in total. The van der Waals surface area contributed by atoms with E-state index in [0.29, 0.717) is 29.5 Å². The first kappa shape index (κ1) is 21.5. The molecule has 3 rings (SSSR count). The number of rotatable bonds is 8. The number of hydrogen-bond donors (Lipinski definition) is 2. The number of carbonyl (C=O) groups excluding carboxylic acids is 1. The standard InChI is InChI=1S/C25H26N2O2S/c1-2-29-24(28)22-15-9-10-16-23(22)27-25(30)26-18-17-21(19-11-5-3-6-12-19)20-13-7-4-8-14-20/h3-16,21H,2,17-18H2,1H3,(H2,26,27,30). The average molecular weight is 419 g/mol. The molecule has 0 heterocycles. The fourth-order valence-electron chi connectivity index (χ4n) is 3.37. The van der Waals surface area contributed by atoms with Gasteiger partial charge in [0.15, 0.2) is 5.11 Å². The highest BCUT2D eigenvalue weighted by atomic mass is 32.1. The van der Waals surface area contributed by atoms with Crippen molar-refractivity contribution >= 4 is 29.0 Å². The Kier molecular flexibility index (Phi) is 7.98. The first-order valence-corrected chi connectivity index (χ1v) is 10.5. The molecule has 154 valence electrons. The fourth-order valence-corrected chi connectivity index (χ4v) is 3.58. The van der Waals surface area contributed by atoms with Crippen LogP contribution in [0.1, 0.15) is 40.7 Å². The molecule has 0 unspecified atom stereocenters. The summed E-state index contributed by atoms with van der Waals surface area (Å²) in [7, 11) is 0. The quantitative estimate of drug-likeness (QED) is 0.380. The Morgan fingerprint density at radius 1 is 0.900 bits per heavy atom. The van der Waals surface area contributed by atoms with Crippen molar-refractivity contribution in [1.29, 1.82) is 0 Å². The summed E-state index contributed by atoms with van der Waals surface area (Å²) in [4.78, 5) is 12.1. The summed E-state index contributed by atoms with van der Waals surface area (Å²) in [5.41, 5.74) is 3.65. The zero-order valence-corrected chi connectivity index (χ0v) is 17.8. The third-order valence-electron chi connectivity index (χ3n) is 4.79. The Balaban J connectivity index is 1.62. The molecule has 30 heavy (non-hydrogen) atoms. The molecule has 0 aliphatic rings. The maximum absolute atomic E-state index is 12.1. The lowest BCUT2D eigenvalue weighted by Crippen LogP contribution is -2.30. The number of benzene rings is 3. The van der Waals surface area contributed by atoms with E-state index in [4.69, 9.17) is 17.0 Å². The van der Waals surface area contributed by atoms with E-state index in [9.17, 15) is 4.79 Å². The van der Waals surface area contributed by atoms with Crippen molar-refractivity contribution in [1.82, 2.24) is 5.32 Å². The lowest BCUT2D eigenvalue weighted by Gasteiger charge is -2.19. The van der Waals surface area contributed by atoms with Crippen molar-refractivity contribution in [2.24, 2.45) is 0 Å². The second kappa shape index (κ2) is 11.1. The minimum absolute atomic E-state index is 0.273. The van der Waals surface area contributed by atoms with E-state index in [1.165, 1.54) is 11.1 Å². The molecular formula is C25H26N2O2S. The largest absolute Gasteiger partial charge is 0.462 e. The van der Waals surface area contributed by atoms with Crippen LogP contribution in [0.25, 0.3) is 0 Å². The summed E-state index contributed by atoms with van der Waals surface area (Å²) < 4.78 is 5.12. The molecule has 0 aliphatic heterocycles. The van der Waals surface area contributed by atoms with Crippen LogP contribution in [0, 0.1) is 0 Å². The molecule has 0 radical (unpaired) electrons. The van der Waals surface area contributed by atoms with Gasteiger partial charge in [-0.25, -0.2) is 4.79 Å². The van der Waals surface area contributed by atoms with E-state index in [1.54, 1.807) is 19.1 Å². The lowest BCUT2D eigenvalue weighted by molar-refractivity contribution is 0.0527. The molecule has 0 saturated carbocycles. The van der Waals surface area contributed by atoms with Gasteiger partial charge in [-0.15, -0.1) is 0 Å². The summed E-state index contributed by atoms with van der Waals surface area (Å²) in [5.74, 6) is -0.0915. The van der Waals surface area contributed by atoms with Crippen molar-refractivity contribution < 1.29 is 9.53 Å². The number of para-hydroxylation sites is 1. The van der Waals surface area contributed by atoms with Gasteiger partial charge in [0, 0.05) is 12.5 Å². The molecule has 3 aromatic carbocycles. The van der Waals surface area contributed by atoms with Gasteiger partial charge in [0.25, 0.3) is 0 Å². The monoisotopic (exact) mass is 418 g/mol. The minimum atomic E-state index is -0.364. The fraction of sp³-hybridized carbons (Fsp3) is 0.200. The highest BCUT2D eigenvalue weighted by Crippen LogP contribution is 2.27. The van der Waals surface area contributed by atoms with Gasteiger partial charge in [-0.05, 0) is 48.8 Å². The maximum Gasteiger partial charge on any atom is 0.340 e. The molecule has 0 aromatic heterocycles. The molecule has 3 aromatic rings. The highest BCUT2D eigenvalue weighted by Gasteiger charge is 2.15. The van der Waals surface area contributed by atoms with Crippen molar-refractivity contribution in [3.05, 3.63) is 102 Å². The van der Waals surface area contributed by atoms with Gasteiger partial charge in [-0.1, -0.05) is 72.8 Å². The molecule has 0 aliphatic carbocycles. The summed E-state index contributed by atoms with van der Waals surface area (Å²) in [6.45, 7) is 2.81. The number of hydrogen-bond acceptors (Lipinski definition) is 3. The number of esters is 1. The van der Waals surface area contributed by atoms with E-state index in [0.717, 1.165) is 6.42 Å². The second-order valence-electron chi connectivity index (χ2n) is 6.81. The van der Waals surface area contributed by atoms with Crippen LogP contribution >= 0.6 is 12.2 Å². The molecule has 0 amide bonds. The van der Waals surface area contributed by atoms with Gasteiger partial charge in [-0.3, -0.25) is 0 Å². The predicted molar refractivity (Wildman–Crippen MR) is 126 cm³/mol. The number of ether oxygens (including phenoxy) is 1. The topological polar surface area (TPSA) is 50.4 Å². The van der Waals surface area contributed by atoms with E-state index in [-0.39, 0.29) is 11.9 Å². The predicted octanol–water partition coefficient (Wildman–Crippen LogP) is 5.37. The summed E-state index contributed by atoms with van der Waals surface area (Å²) in [6.07, 6.45) is 0.884. The Labute approximate surface area is 183 Å². The summed E-state index contributed by atoms with van der Waals surface area (Å²) in [5, 5.41) is 6.87. The summed E-state index contributed by atoms with van der Waals surface area (Å²) in [6, 6.07) is 28.2. The zero-order valence-electron chi connectivity index (χ0n) is 17.0. The van der Waals surface area contributed by atoms with Gasteiger partial charge in [0.2, 0.25) is 0 Å². The maximum atomic E-state index is 12.1. The van der Waals surface area contributed by atoms with E-state index in [2.05, 4.69) is 59.2 Å². The van der Waals surface area contributed by atoms with Gasteiger partial charge in [0.1, 0.15) is 0 Å². The van der Waals surface area contributed by atoms with Gasteiger partial charge >= 0.3 is 5.97 Å². The Hall–Kier alpha value is -3.18. The third-order valence-corrected chi connectivity index (χ3v) is 5.04. The van der Waals surface area contributed by atoms with Crippen LogP contribution in [0.5, 0.6) is 0 Å². The number of carbonyl (C=O) groups is 1. The lowest BCUT2D eigenvalue weighted by atomic mass is 9.88. The van der Waals surface area contributed by atoms with Crippen molar-refractivity contribution in [2.45, 2.75) is 19.3 Å². The normalized spacial score (nSPS) is 10.5. The Morgan fingerprint density at radius 3 is 2.07 bits per heavy atom. The van der Waals surface area contributed by atoms with Crippen LogP contribution in [0.3, 0.4) is 0 Å².